The summed E-state index contributed by atoms with van der Waals surface area (Å²) in [5.74, 6) is 0.818. The number of aliphatic hydroxyl groups excluding tert-OH is 1. The molecule has 0 aromatic heterocycles. The normalized spacial score (nSPS) is 21.6. The van der Waals surface area contributed by atoms with Crippen LogP contribution >= 0.6 is 0 Å². The molecule has 0 saturated carbocycles. The number of rotatable bonds is 3. The molecule has 1 fully saturated rings. The standard InChI is InChI=1S/C13H20N2O2/c1-9(14)13-11(4-3-5-12(13)17-2)15-7-6-10(16)8-15/h3-5,9-10,16H,6-8,14H2,1-2H3/t9-,10?/m0/s1. The van der Waals surface area contributed by atoms with Crippen LogP contribution in [0.5, 0.6) is 5.75 Å². The van der Waals surface area contributed by atoms with Gasteiger partial charge in [0.2, 0.25) is 0 Å². The van der Waals surface area contributed by atoms with E-state index in [1.54, 1.807) is 7.11 Å². The van der Waals surface area contributed by atoms with Crippen molar-refractivity contribution in [1.82, 2.24) is 0 Å². The summed E-state index contributed by atoms with van der Waals surface area (Å²) >= 11 is 0. The van der Waals surface area contributed by atoms with E-state index < -0.39 is 0 Å². The molecule has 0 spiro atoms. The Bertz CT molecular complexity index is 393. The third kappa shape index (κ3) is 2.37. The summed E-state index contributed by atoms with van der Waals surface area (Å²) in [6.07, 6.45) is 0.581. The minimum absolute atomic E-state index is 0.0844. The number of anilines is 1. The topological polar surface area (TPSA) is 58.7 Å². The molecule has 1 unspecified atom stereocenters. The van der Waals surface area contributed by atoms with E-state index in [4.69, 9.17) is 10.5 Å². The van der Waals surface area contributed by atoms with Crippen LogP contribution in [-0.4, -0.2) is 31.4 Å². The molecule has 2 atom stereocenters. The van der Waals surface area contributed by atoms with Gasteiger partial charge in [-0.05, 0) is 25.5 Å². The third-order valence-electron chi connectivity index (χ3n) is 3.22. The predicted octanol–water partition coefficient (Wildman–Crippen LogP) is 1.29. The van der Waals surface area contributed by atoms with Crippen LogP contribution < -0.4 is 15.4 Å². The molecular formula is C13H20N2O2. The van der Waals surface area contributed by atoms with Crippen LogP contribution in [0, 0.1) is 0 Å². The van der Waals surface area contributed by atoms with Gasteiger partial charge in [0.15, 0.2) is 0 Å². The Morgan fingerprint density at radius 1 is 1.53 bits per heavy atom. The van der Waals surface area contributed by atoms with Gasteiger partial charge < -0.3 is 20.5 Å². The van der Waals surface area contributed by atoms with Crippen molar-refractivity contribution in [3.63, 3.8) is 0 Å². The van der Waals surface area contributed by atoms with Gasteiger partial charge in [0.05, 0.1) is 13.2 Å². The van der Waals surface area contributed by atoms with Gasteiger partial charge in [-0.2, -0.15) is 0 Å². The Hall–Kier alpha value is -1.26. The first kappa shape index (κ1) is 12.2. The summed E-state index contributed by atoms with van der Waals surface area (Å²) in [6.45, 7) is 3.49. The van der Waals surface area contributed by atoms with Crippen LogP contribution in [0.4, 0.5) is 5.69 Å². The fraction of sp³-hybridized carbons (Fsp3) is 0.538. The second kappa shape index (κ2) is 4.94. The van der Waals surface area contributed by atoms with Crippen molar-refractivity contribution in [2.45, 2.75) is 25.5 Å². The van der Waals surface area contributed by atoms with Gasteiger partial charge in [0.25, 0.3) is 0 Å². The summed E-state index contributed by atoms with van der Waals surface area (Å²) in [5, 5.41) is 9.61. The highest BCUT2D eigenvalue weighted by Crippen LogP contribution is 2.35. The van der Waals surface area contributed by atoms with Gasteiger partial charge in [-0.1, -0.05) is 6.07 Å². The number of methoxy groups -OCH3 is 1. The lowest BCUT2D eigenvalue weighted by atomic mass is 10.0. The first-order valence-corrected chi connectivity index (χ1v) is 5.99. The number of ether oxygens (including phenoxy) is 1. The van der Waals surface area contributed by atoms with E-state index in [2.05, 4.69) is 4.90 Å². The van der Waals surface area contributed by atoms with Crippen LogP contribution in [0.3, 0.4) is 0 Å². The maximum atomic E-state index is 9.61. The van der Waals surface area contributed by atoms with Gasteiger partial charge in [0.1, 0.15) is 5.75 Å². The molecule has 0 aliphatic carbocycles. The molecule has 1 aliphatic rings. The predicted molar refractivity (Wildman–Crippen MR) is 68.4 cm³/mol. The fourth-order valence-corrected chi connectivity index (χ4v) is 2.40. The summed E-state index contributed by atoms with van der Waals surface area (Å²) in [4.78, 5) is 2.17. The van der Waals surface area contributed by atoms with Crippen LogP contribution in [0.15, 0.2) is 18.2 Å². The molecule has 4 heteroatoms. The Morgan fingerprint density at radius 2 is 2.29 bits per heavy atom. The number of benzene rings is 1. The summed E-state index contributed by atoms with van der Waals surface area (Å²) in [7, 11) is 1.66. The highest BCUT2D eigenvalue weighted by atomic mass is 16.5. The number of hydrogen-bond donors (Lipinski definition) is 2. The second-order valence-corrected chi connectivity index (χ2v) is 4.57. The molecule has 94 valence electrons. The SMILES string of the molecule is COc1cccc(N2CCC(O)C2)c1[C@H](C)N. The smallest absolute Gasteiger partial charge is 0.125 e. The quantitative estimate of drug-likeness (QED) is 0.830. The van der Waals surface area contributed by atoms with Gasteiger partial charge >= 0.3 is 0 Å². The molecule has 17 heavy (non-hydrogen) atoms. The van der Waals surface area contributed by atoms with Crippen LogP contribution in [0.25, 0.3) is 0 Å². The van der Waals surface area contributed by atoms with Gasteiger partial charge in [-0.3, -0.25) is 0 Å². The molecule has 1 heterocycles. The molecule has 4 nitrogen and oxygen atoms in total. The van der Waals surface area contributed by atoms with Crippen LogP contribution in [0.1, 0.15) is 24.9 Å². The second-order valence-electron chi connectivity index (χ2n) is 4.57. The highest BCUT2D eigenvalue weighted by molar-refractivity contribution is 5.61. The zero-order valence-corrected chi connectivity index (χ0v) is 10.4. The summed E-state index contributed by atoms with van der Waals surface area (Å²) in [5.41, 5.74) is 8.12. The summed E-state index contributed by atoms with van der Waals surface area (Å²) in [6, 6.07) is 5.84. The maximum absolute atomic E-state index is 9.61. The minimum atomic E-state index is -0.234. The maximum Gasteiger partial charge on any atom is 0.125 e. The van der Waals surface area contributed by atoms with Crippen molar-refractivity contribution in [1.29, 1.82) is 0 Å². The molecule has 2 rings (SSSR count). The highest BCUT2D eigenvalue weighted by Gasteiger charge is 2.24. The monoisotopic (exact) mass is 236 g/mol. The van der Waals surface area contributed by atoms with E-state index >= 15 is 0 Å². The van der Waals surface area contributed by atoms with E-state index in [0.717, 1.165) is 30.0 Å². The molecular weight excluding hydrogens is 216 g/mol. The lowest BCUT2D eigenvalue weighted by Crippen LogP contribution is -2.24. The molecule has 1 saturated heterocycles. The van der Waals surface area contributed by atoms with Gasteiger partial charge in [-0.15, -0.1) is 0 Å². The Morgan fingerprint density at radius 3 is 2.82 bits per heavy atom. The minimum Gasteiger partial charge on any atom is -0.496 e. The van der Waals surface area contributed by atoms with E-state index in [1.165, 1.54) is 0 Å². The molecule has 1 aliphatic heterocycles. The largest absolute Gasteiger partial charge is 0.496 e. The molecule has 3 N–H and O–H groups in total. The molecule has 1 aromatic carbocycles. The first-order valence-electron chi connectivity index (χ1n) is 5.99. The zero-order chi connectivity index (χ0) is 12.4. The average Bonchev–Trinajstić information content (AvgIpc) is 2.74. The lowest BCUT2D eigenvalue weighted by Gasteiger charge is -2.24. The molecule has 0 radical (unpaired) electrons. The van der Waals surface area contributed by atoms with Gasteiger partial charge in [0, 0.05) is 30.4 Å². The van der Waals surface area contributed by atoms with E-state index in [-0.39, 0.29) is 12.1 Å². The lowest BCUT2D eigenvalue weighted by molar-refractivity contribution is 0.198. The average molecular weight is 236 g/mol. The Labute approximate surface area is 102 Å². The van der Waals surface area contributed by atoms with Crippen molar-refractivity contribution in [3.05, 3.63) is 23.8 Å². The number of nitrogens with two attached hydrogens (primary N) is 1. The molecule has 1 aromatic rings. The first-order chi connectivity index (χ1) is 8.13. The number of β-amino-alcohol motifs (C(OH)–C–C–N with tert-alkyl or cyclic N) is 1. The number of aliphatic hydroxyl groups is 1. The van der Waals surface area contributed by atoms with Crippen LogP contribution in [-0.2, 0) is 0 Å². The van der Waals surface area contributed by atoms with E-state index in [9.17, 15) is 5.11 Å². The van der Waals surface area contributed by atoms with Crippen molar-refractivity contribution in [2.75, 3.05) is 25.1 Å². The zero-order valence-electron chi connectivity index (χ0n) is 10.4. The van der Waals surface area contributed by atoms with E-state index in [1.807, 2.05) is 25.1 Å². The number of hydrogen-bond acceptors (Lipinski definition) is 4. The van der Waals surface area contributed by atoms with Crippen LogP contribution in [0.2, 0.25) is 0 Å². The van der Waals surface area contributed by atoms with Crippen molar-refractivity contribution in [2.24, 2.45) is 5.73 Å². The Kier molecular flexibility index (Phi) is 3.54. The van der Waals surface area contributed by atoms with Crippen molar-refractivity contribution in [3.8, 4) is 5.75 Å². The molecule has 0 amide bonds. The third-order valence-corrected chi connectivity index (χ3v) is 3.22. The number of nitrogens with zero attached hydrogens (tertiary/aromatic N) is 1. The fourth-order valence-electron chi connectivity index (χ4n) is 2.40. The Balaban J connectivity index is 2.39. The van der Waals surface area contributed by atoms with Crippen molar-refractivity contribution < 1.29 is 9.84 Å². The summed E-state index contributed by atoms with van der Waals surface area (Å²) < 4.78 is 5.36. The molecule has 0 bridgehead atoms. The van der Waals surface area contributed by atoms with Crippen molar-refractivity contribution >= 4 is 5.69 Å². The van der Waals surface area contributed by atoms with Gasteiger partial charge in [-0.25, -0.2) is 0 Å². The van der Waals surface area contributed by atoms with E-state index in [0.29, 0.717) is 6.54 Å².